The van der Waals surface area contributed by atoms with Gasteiger partial charge in [-0.3, -0.25) is 0 Å². The molecule has 0 radical (unpaired) electrons. The third kappa shape index (κ3) is 17.2. The molecule has 0 saturated heterocycles. The minimum atomic E-state index is -2.82. The molecule has 0 aliphatic carbocycles. The first-order valence-electron chi connectivity index (χ1n) is 31.7. The number of hydrogen-bond acceptors (Lipinski definition) is 10. The van der Waals surface area contributed by atoms with Gasteiger partial charge in [0.1, 0.15) is 0 Å². The second-order valence-electron chi connectivity index (χ2n) is 24.9. The van der Waals surface area contributed by atoms with Crippen molar-refractivity contribution in [1.29, 1.82) is 0 Å². The van der Waals surface area contributed by atoms with Crippen LogP contribution in [0.4, 0.5) is 0 Å². The molecule has 0 spiro atoms. The molecule has 7 aromatic rings. The average molecular weight is 1380 g/mol. The van der Waals surface area contributed by atoms with E-state index in [1.54, 1.807) is 5.79 Å². The summed E-state index contributed by atoms with van der Waals surface area (Å²) in [5.74, 6) is 3.07. The second-order valence-corrected chi connectivity index (χ2v) is 59.6. The third-order valence-corrected chi connectivity index (χ3v) is 60.3. The first-order valence-corrected chi connectivity index (χ1v) is 51.6. The number of nitrogens with zero attached hydrogens (tertiary/aromatic N) is 4. The number of hydrogen-bond donors (Lipinski definition) is 0. The maximum absolute atomic E-state index is 5.90. The van der Waals surface area contributed by atoms with Crippen LogP contribution in [0.25, 0.3) is 61.3 Å². The number of aromatic nitrogens is 4. The second kappa shape index (κ2) is 32.5. The van der Waals surface area contributed by atoms with Crippen molar-refractivity contribution in [2.75, 3.05) is 0 Å². The first kappa shape index (κ1) is 64.8. The van der Waals surface area contributed by atoms with Crippen LogP contribution in [0.3, 0.4) is 0 Å². The molecule has 7 rings (SSSR count). The molecule has 0 saturated carbocycles. The summed E-state index contributed by atoms with van der Waals surface area (Å²) in [5, 5.41) is 4.64. The molecule has 0 amide bonds. The molecule has 0 fully saturated rings. The number of benzene rings is 1. The number of unbranched alkanes of at least 4 members (excludes halogenated alkanes) is 6. The fourth-order valence-electron chi connectivity index (χ4n) is 12.1. The van der Waals surface area contributed by atoms with E-state index in [1.807, 2.05) is 45.3 Å². The predicted octanol–water partition coefficient (Wildman–Crippen LogP) is 23.5. The molecule has 4 nitrogen and oxygen atoms in total. The summed E-state index contributed by atoms with van der Waals surface area (Å²) >= 11 is 6.33. The van der Waals surface area contributed by atoms with Gasteiger partial charge in [-0.2, -0.15) is 0 Å². The van der Waals surface area contributed by atoms with Gasteiger partial charge in [0.25, 0.3) is 0 Å². The number of fused-ring (bicyclic) bond motifs is 2. The minimum absolute atomic E-state index is 0.746. The number of thiazole rings is 4. The molecule has 2 atom stereocenters. The van der Waals surface area contributed by atoms with Gasteiger partial charge in [0, 0.05) is 0 Å². The van der Waals surface area contributed by atoms with Gasteiger partial charge < -0.3 is 0 Å². The Morgan fingerprint density at radius 2 is 0.731 bits per heavy atom. The van der Waals surface area contributed by atoms with E-state index in [4.69, 9.17) is 19.9 Å². The average Bonchev–Trinajstić information content (AvgIpc) is 4.49. The maximum atomic E-state index is 5.90. The van der Waals surface area contributed by atoms with E-state index in [0.717, 1.165) is 57.6 Å². The Balaban J connectivity index is 1.43. The summed E-state index contributed by atoms with van der Waals surface area (Å²) in [7, 11) is 0. The summed E-state index contributed by atoms with van der Waals surface area (Å²) in [6.45, 7) is 28.8. The Labute approximate surface area is 507 Å². The van der Waals surface area contributed by atoms with Gasteiger partial charge in [-0.25, -0.2) is 0 Å². The Kier molecular flexibility index (Phi) is 27.0. The van der Waals surface area contributed by atoms with Crippen LogP contribution in [0.5, 0.6) is 0 Å². The fourth-order valence-corrected chi connectivity index (χ4v) is 56.0. The topological polar surface area (TPSA) is 51.6 Å². The van der Waals surface area contributed by atoms with Gasteiger partial charge in [0.05, 0.1) is 0 Å². The molecular formula is C66H102N4S6Sn2. The molecule has 0 N–H and O–H groups in total. The van der Waals surface area contributed by atoms with Crippen LogP contribution < -0.4 is 5.79 Å². The van der Waals surface area contributed by atoms with Crippen LogP contribution in [0.15, 0.2) is 36.7 Å². The molecule has 0 bridgehead atoms. The molecule has 6 aromatic heterocycles. The van der Waals surface area contributed by atoms with E-state index >= 15 is 0 Å². The van der Waals surface area contributed by atoms with Crippen LogP contribution in [0, 0.1) is 23.7 Å². The van der Waals surface area contributed by atoms with E-state index in [9.17, 15) is 0 Å². The van der Waals surface area contributed by atoms with E-state index < -0.39 is 36.8 Å². The van der Waals surface area contributed by atoms with Crippen molar-refractivity contribution < 1.29 is 0 Å². The van der Waals surface area contributed by atoms with Crippen LogP contribution in [0.2, 0.25) is 26.6 Å². The van der Waals surface area contributed by atoms with Crippen LogP contribution >= 0.6 is 68.0 Å². The molecule has 2 unspecified atom stereocenters. The molecule has 0 aliphatic heterocycles. The summed E-state index contributed by atoms with van der Waals surface area (Å²) in [4.78, 5) is 28.6. The van der Waals surface area contributed by atoms with Gasteiger partial charge in [0.15, 0.2) is 0 Å². The molecule has 0 aliphatic rings. The Bertz CT molecular complexity index is 2550. The number of thiophene rings is 2. The summed E-state index contributed by atoms with van der Waals surface area (Å²) in [6, 6.07) is 9.60. The zero-order valence-electron chi connectivity index (χ0n) is 50.8. The van der Waals surface area contributed by atoms with Crippen LogP contribution in [0.1, 0.15) is 221 Å². The number of aryl methyl sites for hydroxylation is 2. The van der Waals surface area contributed by atoms with Crippen molar-refractivity contribution in [1.82, 2.24) is 19.9 Å². The van der Waals surface area contributed by atoms with E-state index in [-0.39, 0.29) is 0 Å². The molecule has 430 valence electrons. The summed E-state index contributed by atoms with van der Waals surface area (Å²) < 4.78 is 14.6. The molecule has 6 heterocycles. The van der Waals surface area contributed by atoms with Gasteiger partial charge in [-0.15, -0.1) is 0 Å². The summed E-state index contributed by atoms with van der Waals surface area (Å²) in [6.07, 6.45) is 33.4. The first-order chi connectivity index (χ1) is 37.8. The Morgan fingerprint density at radius 3 is 1.05 bits per heavy atom. The van der Waals surface area contributed by atoms with Crippen molar-refractivity contribution in [3.63, 3.8) is 0 Å². The number of rotatable bonds is 38. The van der Waals surface area contributed by atoms with Gasteiger partial charge in [-0.1, -0.05) is 80.1 Å². The molecule has 1 aromatic carbocycles. The van der Waals surface area contributed by atoms with Crippen molar-refractivity contribution >= 4 is 131 Å². The zero-order chi connectivity index (χ0) is 55.7. The molecule has 78 heavy (non-hydrogen) atoms. The standard InChI is InChI=1S/C42H48N4S6.6C4H9.2Sn/c1-25(2)9-7-11-27(5)13-15-29-17-19-31(49-29)39-45-35-33(41-43-21-23-47-41)38-36(34(37(35)51-39)42-44-22-24-48-42)46-40(52-38)32-20-18-30(50-32)16-14-28(6)12-8-10-26(3)4;6*1-3-4-2;;/h17-22,25-28H,7-16H2,1-6H3;6*1,3-4H2,2H3;;. The predicted molar refractivity (Wildman–Crippen MR) is 363 cm³/mol. The van der Waals surface area contributed by atoms with Crippen LogP contribution in [-0.2, 0) is 12.8 Å². The zero-order valence-corrected chi connectivity index (χ0v) is 61.4. The van der Waals surface area contributed by atoms with Gasteiger partial charge in [0.2, 0.25) is 0 Å². The van der Waals surface area contributed by atoms with E-state index in [1.165, 1.54) is 205 Å². The summed E-state index contributed by atoms with van der Waals surface area (Å²) in [5.41, 5.74) is 4.75. The normalized spacial score (nSPS) is 13.4. The van der Waals surface area contributed by atoms with Crippen molar-refractivity contribution in [3.05, 3.63) is 46.4 Å². The van der Waals surface area contributed by atoms with E-state index in [0.29, 0.717) is 0 Å². The fraction of sp³-hybridized carbons (Fsp3) is 0.667. The Morgan fingerprint density at radius 1 is 0.385 bits per heavy atom. The SMILES string of the molecule is CCC[CH2][Sn]([CH2]CCC)([CH2]CCC)[c]1cnc(-c2c3nc(-c4ccc(CCC(C)CCCC(C)C)s4)sc3c(-c3nc[c]([Sn]([CH2]CCC)([CH2]CCC)[CH2]CCC)s3)c3nc(-c4ccc(CCC(C)CCCC(C)C)s4)sc23)s1. The monoisotopic (exact) mass is 1380 g/mol. The molecule has 12 heteroatoms. The quantitative estimate of drug-likeness (QED) is 0.0362. The van der Waals surface area contributed by atoms with Gasteiger partial charge >= 0.3 is 409 Å². The third-order valence-electron chi connectivity index (χ3n) is 17.2. The van der Waals surface area contributed by atoms with Crippen molar-refractivity contribution in [3.8, 4) is 40.9 Å². The van der Waals surface area contributed by atoms with E-state index in [2.05, 4.69) is 142 Å². The van der Waals surface area contributed by atoms with Crippen molar-refractivity contribution in [2.45, 2.75) is 251 Å². The molecular weight excluding hydrogens is 1280 g/mol. The van der Waals surface area contributed by atoms with Gasteiger partial charge in [-0.05, 0) is 23.7 Å². The van der Waals surface area contributed by atoms with Crippen LogP contribution in [-0.4, -0.2) is 56.7 Å². The Hall–Kier alpha value is -0.743. The van der Waals surface area contributed by atoms with Crippen molar-refractivity contribution in [2.24, 2.45) is 23.7 Å².